The molecule has 0 atom stereocenters. The van der Waals surface area contributed by atoms with Gasteiger partial charge < -0.3 is 28.4 Å². The second-order valence-electron chi connectivity index (χ2n) is 15.2. The molecule has 0 saturated heterocycles. The number of hydrogen-bond acceptors (Lipinski definition) is 12. The number of rotatable bonds is 21. The molecule has 6 rings (SSSR count). The van der Waals surface area contributed by atoms with Crippen molar-refractivity contribution in [3.8, 4) is 34.5 Å². The first kappa shape index (κ1) is 48.4. The Hall–Kier alpha value is -8.06. The zero-order valence-corrected chi connectivity index (χ0v) is 37.6. The first-order valence-corrected chi connectivity index (χ1v) is 22.2. The number of imide groups is 1. The lowest BCUT2D eigenvalue weighted by Gasteiger charge is -2.21. The number of hydrogen-bond donors (Lipinski definition) is 0. The molecule has 344 valence electrons. The standard InChI is InChI=1S/C54H51NO12/c1-4-7-34-55(49(56)37-10-26-45(27-11-37)64-53(60)41-18-30-47(31-19-41)66-51(58)39-14-22-43(23-15-39)62-35-8-5-2)50(57)38-12-28-46(29-13-38)65-54(61)42-20-32-48(33-21-42)67-52(59)40-16-24-44(25-17-40)63-36-9-6-3/h10-33H,4-9,34-36H2,1-3H3. The van der Waals surface area contributed by atoms with Gasteiger partial charge >= 0.3 is 23.9 Å². The zero-order valence-electron chi connectivity index (χ0n) is 37.6. The van der Waals surface area contributed by atoms with Crippen molar-refractivity contribution in [1.29, 1.82) is 0 Å². The van der Waals surface area contributed by atoms with E-state index in [-0.39, 0.29) is 51.8 Å². The Labute approximate surface area is 389 Å². The predicted molar refractivity (Wildman–Crippen MR) is 250 cm³/mol. The Bertz CT molecular complexity index is 2430. The molecule has 13 nitrogen and oxygen atoms in total. The van der Waals surface area contributed by atoms with E-state index in [1.807, 2.05) is 6.92 Å². The molecule has 0 aromatic heterocycles. The van der Waals surface area contributed by atoms with Gasteiger partial charge in [-0.15, -0.1) is 0 Å². The van der Waals surface area contributed by atoms with Gasteiger partial charge in [-0.2, -0.15) is 0 Å². The fraction of sp³-hybridized carbons (Fsp3) is 0.222. The van der Waals surface area contributed by atoms with Crippen molar-refractivity contribution in [3.05, 3.63) is 179 Å². The van der Waals surface area contributed by atoms with Gasteiger partial charge in [0.1, 0.15) is 34.5 Å². The minimum atomic E-state index is -0.674. The summed E-state index contributed by atoms with van der Waals surface area (Å²) in [7, 11) is 0. The van der Waals surface area contributed by atoms with Crippen LogP contribution in [0.4, 0.5) is 0 Å². The molecule has 13 heteroatoms. The van der Waals surface area contributed by atoms with Crippen molar-refractivity contribution in [2.45, 2.75) is 59.3 Å². The summed E-state index contributed by atoms with van der Waals surface area (Å²) in [6.45, 7) is 7.44. The quantitative estimate of drug-likeness (QED) is 0.0291. The molecule has 0 bridgehead atoms. The van der Waals surface area contributed by atoms with Crippen LogP contribution in [0.15, 0.2) is 146 Å². The molecular weight excluding hydrogens is 855 g/mol. The van der Waals surface area contributed by atoms with E-state index in [2.05, 4.69) is 13.8 Å². The van der Waals surface area contributed by atoms with Crippen LogP contribution in [0, 0.1) is 0 Å². The van der Waals surface area contributed by atoms with Gasteiger partial charge in [0.05, 0.1) is 35.5 Å². The maximum Gasteiger partial charge on any atom is 0.343 e. The molecule has 0 saturated carbocycles. The Morgan fingerprint density at radius 3 is 0.821 bits per heavy atom. The third-order valence-corrected chi connectivity index (χ3v) is 10.2. The zero-order chi connectivity index (χ0) is 47.5. The Kier molecular flexibility index (Phi) is 17.5. The van der Waals surface area contributed by atoms with Crippen molar-refractivity contribution < 1.29 is 57.2 Å². The highest BCUT2D eigenvalue weighted by atomic mass is 16.5. The fourth-order valence-electron chi connectivity index (χ4n) is 6.28. The lowest BCUT2D eigenvalue weighted by atomic mass is 10.1. The molecular formula is C54H51NO12. The van der Waals surface area contributed by atoms with E-state index in [9.17, 15) is 28.8 Å². The molecule has 0 aliphatic heterocycles. The highest BCUT2D eigenvalue weighted by molar-refractivity contribution is 6.10. The molecule has 6 aromatic carbocycles. The largest absolute Gasteiger partial charge is 0.494 e. The molecule has 0 N–H and O–H groups in total. The first-order valence-electron chi connectivity index (χ1n) is 22.2. The number of carbonyl (C=O) groups is 6. The summed E-state index contributed by atoms with van der Waals surface area (Å²) in [5.41, 5.74) is 1.48. The molecule has 0 aliphatic carbocycles. The van der Waals surface area contributed by atoms with Crippen LogP contribution in [-0.4, -0.2) is 60.4 Å². The van der Waals surface area contributed by atoms with E-state index < -0.39 is 35.7 Å². The van der Waals surface area contributed by atoms with Gasteiger partial charge in [-0.25, -0.2) is 19.2 Å². The van der Waals surface area contributed by atoms with Gasteiger partial charge in [-0.3, -0.25) is 14.5 Å². The number of benzene rings is 6. The molecule has 0 heterocycles. The van der Waals surface area contributed by atoms with Crippen LogP contribution >= 0.6 is 0 Å². The lowest BCUT2D eigenvalue weighted by molar-refractivity contribution is 0.0611. The minimum absolute atomic E-state index is 0.152. The highest BCUT2D eigenvalue weighted by Crippen LogP contribution is 2.23. The van der Waals surface area contributed by atoms with Crippen LogP contribution in [0.25, 0.3) is 0 Å². The van der Waals surface area contributed by atoms with Crippen molar-refractivity contribution in [1.82, 2.24) is 4.90 Å². The summed E-state index contributed by atoms with van der Waals surface area (Å²) in [6.07, 6.45) is 5.18. The van der Waals surface area contributed by atoms with Gasteiger partial charge in [0.2, 0.25) is 0 Å². The summed E-state index contributed by atoms with van der Waals surface area (Å²) in [6, 6.07) is 36.8. The van der Waals surface area contributed by atoms with E-state index >= 15 is 0 Å². The average molecular weight is 906 g/mol. The number of ether oxygens (including phenoxy) is 6. The van der Waals surface area contributed by atoms with Crippen molar-refractivity contribution in [2.24, 2.45) is 0 Å². The summed E-state index contributed by atoms with van der Waals surface area (Å²) < 4.78 is 33.2. The number of unbranched alkanes of at least 4 members (excludes halogenated alkanes) is 3. The second-order valence-corrected chi connectivity index (χ2v) is 15.2. The topological polar surface area (TPSA) is 161 Å². The van der Waals surface area contributed by atoms with Crippen LogP contribution < -0.4 is 28.4 Å². The Balaban J connectivity index is 0.992. The van der Waals surface area contributed by atoms with Crippen LogP contribution in [0.3, 0.4) is 0 Å². The van der Waals surface area contributed by atoms with Crippen LogP contribution in [0.5, 0.6) is 34.5 Å². The van der Waals surface area contributed by atoms with Crippen molar-refractivity contribution >= 4 is 35.7 Å². The monoisotopic (exact) mass is 905 g/mol. The molecule has 0 aliphatic rings. The molecule has 2 amide bonds. The third kappa shape index (κ3) is 14.0. The van der Waals surface area contributed by atoms with Gasteiger partial charge in [-0.1, -0.05) is 40.0 Å². The summed E-state index contributed by atoms with van der Waals surface area (Å²) in [5.74, 6) is -1.43. The fourth-order valence-corrected chi connectivity index (χ4v) is 6.28. The summed E-state index contributed by atoms with van der Waals surface area (Å²) in [4.78, 5) is 79.8. The Morgan fingerprint density at radius 2 is 0.567 bits per heavy atom. The van der Waals surface area contributed by atoms with E-state index in [1.165, 1.54) is 97.1 Å². The lowest BCUT2D eigenvalue weighted by Crippen LogP contribution is -2.37. The van der Waals surface area contributed by atoms with E-state index in [1.54, 1.807) is 48.5 Å². The normalized spacial score (nSPS) is 10.6. The molecule has 0 fully saturated rings. The SMILES string of the molecule is CCCCOc1ccc(C(=O)Oc2ccc(C(=O)Oc3ccc(C(=O)N(CCCC)C(=O)c4ccc(OC(=O)c5ccc(OC(=O)c6ccc(OCCCC)cc6)cc5)cc4)cc3)cc2)cc1. The maximum atomic E-state index is 13.7. The van der Waals surface area contributed by atoms with Crippen molar-refractivity contribution in [3.63, 3.8) is 0 Å². The van der Waals surface area contributed by atoms with E-state index in [4.69, 9.17) is 28.4 Å². The van der Waals surface area contributed by atoms with Gasteiger partial charge in [0.25, 0.3) is 11.8 Å². The van der Waals surface area contributed by atoms with Gasteiger partial charge in [-0.05, 0) is 165 Å². The number of nitrogens with zero attached hydrogens (tertiary/aromatic N) is 1. The maximum absolute atomic E-state index is 13.7. The van der Waals surface area contributed by atoms with E-state index in [0.717, 1.165) is 37.0 Å². The van der Waals surface area contributed by atoms with Crippen LogP contribution in [0.2, 0.25) is 0 Å². The smallest absolute Gasteiger partial charge is 0.343 e. The van der Waals surface area contributed by atoms with Crippen LogP contribution in [-0.2, 0) is 0 Å². The highest BCUT2D eigenvalue weighted by Gasteiger charge is 2.24. The van der Waals surface area contributed by atoms with Gasteiger partial charge in [0.15, 0.2) is 0 Å². The third-order valence-electron chi connectivity index (χ3n) is 10.2. The number of amides is 2. The molecule has 0 spiro atoms. The Morgan fingerprint density at radius 1 is 0.328 bits per heavy atom. The van der Waals surface area contributed by atoms with Crippen LogP contribution in [0.1, 0.15) is 121 Å². The molecule has 67 heavy (non-hydrogen) atoms. The number of esters is 4. The second kappa shape index (κ2) is 24.3. The molecule has 0 radical (unpaired) electrons. The minimum Gasteiger partial charge on any atom is -0.494 e. The molecule has 0 unspecified atom stereocenters. The predicted octanol–water partition coefficient (Wildman–Crippen LogP) is 11.0. The van der Waals surface area contributed by atoms with Crippen molar-refractivity contribution in [2.75, 3.05) is 19.8 Å². The summed E-state index contributed by atoms with van der Waals surface area (Å²) in [5, 5.41) is 0. The number of carbonyl (C=O) groups excluding carboxylic acids is 6. The molecule has 6 aromatic rings. The summed E-state index contributed by atoms with van der Waals surface area (Å²) >= 11 is 0. The van der Waals surface area contributed by atoms with Gasteiger partial charge in [0, 0.05) is 17.7 Å². The average Bonchev–Trinajstić information content (AvgIpc) is 3.35. The van der Waals surface area contributed by atoms with E-state index in [0.29, 0.717) is 42.3 Å². The first-order chi connectivity index (χ1) is 32.5.